The van der Waals surface area contributed by atoms with Gasteiger partial charge in [-0.3, -0.25) is 4.79 Å². The SMILES string of the molecule is O=C(COc1ccc(Cl)cc1Cl)NCc1nn2cnnc2s1. The maximum absolute atomic E-state index is 11.8. The van der Waals surface area contributed by atoms with Gasteiger partial charge in [-0.05, 0) is 18.2 Å². The van der Waals surface area contributed by atoms with E-state index in [4.69, 9.17) is 27.9 Å². The van der Waals surface area contributed by atoms with E-state index < -0.39 is 0 Å². The molecule has 3 aromatic rings. The van der Waals surface area contributed by atoms with Crippen LogP contribution in [0.15, 0.2) is 24.5 Å². The lowest BCUT2D eigenvalue weighted by molar-refractivity contribution is -0.123. The number of benzene rings is 1. The first-order valence-corrected chi connectivity index (χ1v) is 7.69. The standard InChI is InChI=1S/C12H9Cl2N5O2S/c13-7-1-2-9(8(14)3-7)21-5-10(20)15-4-11-18-19-6-16-17-12(19)22-11/h1-3,6H,4-5H2,(H,15,20). The van der Waals surface area contributed by atoms with Crippen molar-refractivity contribution >= 4 is 45.4 Å². The van der Waals surface area contributed by atoms with Crippen LogP contribution in [-0.4, -0.2) is 32.3 Å². The number of aromatic nitrogens is 4. The number of nitrogens with one attached hydrogen (secondary N) is 1. The molecule has 114 valence electrons. The van der Waals surface area contributed by atoms with Crippen molar-refractivity contribution < 1.29 is 9.53 Å². The molecule has 0 unspecified atom stereocenters. The number of carbonyl (C=O) groups excluding carboxylic acids is 1. The number of carbonyl (C=O) groups is 1. The first-order valence-electron chi connectivity index (χ1n) is 6.12. The van der Waals surface area contributed by atoms with E-state index in [9.17, 15) is 4.79 Å². The molecule has 0 aliphatic heterocycles. The Morgan fingerprint density at radius 1 is 1.41 bits per heavy atom. The molecule has 0 bridgehead atoms. The molecule has 0 saturated carbocycles. The molecule has 0 saturated heterocycles. The highest BCUT2D eigenvalue weighted by Crippen LogP contribution is 2.27. The fourth-order valence-electron chi connectivity index (χ4n) is 1.63. The summed E-state index contributed by atoms with van der Waals surface area (Å²) in [5.41, 5.74) is 0. The first-order chi connectivity index (χ1) is 10.6. The van der Waals surface area contributed by atoms with E-state index in [1.54, 1.807) is 22.7 Å². The Morgan fingerprint density at radius 3 is 3.05 bits per heavy atom. The quantitative estimate of drug-likeness (QED) is 0.756. The van der Waals surface area contributed by atoms with Gasteiger partial charge >= 0.3 is 0 Å². The van der Waals surface area contributed by atoms with Gasteiger partial charge in [-0.15, -0.1) is 10.2 Å². The van der Waals surface area contributed by atoms with Gasteiger partial charge in [-0.2, -0.15) is 9.61 Å². The Labute approximate surface area is 138 Å². The van der Waals surface area contributed by atoms with Gasteiger partial charge in [-0.25, -0.2) is 0 Å². The van der Waals surface area contributed by atoms with Crippen molar-refractivity contribution in [3.63, 3.8) is 0 Å². The van der Waals surface area contributed by atoms with Gasteiger partial charge in [0, 0.05) is 5.02 Å². The number of nitrogens with zero attached hydrogens (tertiary/aromatic N) is 4. The van der Waals surface area contributed by atoms with Gasteiger partial charge in [0.05, 0.1) is 11.6 Å². The number of rotatable bonds is 5. The minimum atomic E-state index is -0.281. The third-order valence-electron chi connectivity index (χ3n) is 2.62. The summed E-state index contributed by atoms with van der Waals surface area (Å²) in [6.45, 7) is 0.149. The first kappa shape index (κ1) is 15.0. The van der Waals surface area contributed by atoms with Crippen molar-refractivity contribution in [2.45, 2.75) is 6.54 Å². The predicted molar refractivity (Wildman–Crippen MR) is 82.5 cm³/mol. The van der Waals surface area contributed by atoms with Crippen LogP contribution in [0.2, 0.25) is 10.0 Å². The van der Waals surface area contributed by atoms with Crippen LogP contribution in [0.5, 0.6) is 5.75 Å². The summed E-state index contributed by atoms with van der Waals surface area (Å²) >= 11 is 13.1. The Bertz CT molecular complexity index is 790. The van der Waals surface area contributed by atoms with Crippen LogP contribution in [0.3, 0.4) is 0 Å². The molecule has 0 radical (unpaired) electrons. The summed E-state index contributed by atoms with van der Waals surface area (Å²) in [5.74, 6) is 0.122. The van der Waals surface area contributed by atoms with Gasteiger partial charge in [-0.1, -0.05) is 34.5 Å². The van der Waals surface area contributed by atoms with Gasteiger partial charge in [0.2, 0.25) is 4.96 Å². The zero-order valence-electron chi connectivity index (χ0n) is 11.0. The van der Waals surface area contributed by atoms with Gasteiger partial charge in [0.15, 0.2) is 6.61 Å². The highest BCUT2D eigenvalue weighted by atomic mass is 35.5. The van der Waals surface area contributed by atoms with Crippen molar-refractivity contribution in [2.75, 3.05) is 6.61 Å². The summed E-state index contributed by atoms with van der Waals surface area (Å²) in [6, 6.07) is 4.80. The number of ether oxygens (including phenoxy) is 1. The number of hydrogen-bond donors (Lipinski definition) is 1. The lowest BCUT2D eigenvalue weighted by Crippen LogP contribution is -2.28. The Balaban J connectivity index is 1.51. The Morgan fingerprint density at radius 2 is 2.27 bits per heavy atom. The van der Waals surface area contributed by atoms with Crippen molar-refractivity contribution in [1.29, 1.82) is 0 Å². The van der Waals surface area contributed by atoms with Crippen molar-refractivity contribution in [2.24, 2.45) is 0 Å². The number of fused-ring (bicyclic) bond motifs is 1. The molecule has 10 heteroatoms. The molecule has 2 aromatic heterocycles. The fourth-order valence-corrected chi connectivity index (χ4v) is 2.85. The maximum atomic E-state index is 11.8. The predicted octanol–water partition coefficient (Wildman–Crippen LogP) is 2.19. The van der Waals surface area contributed by atoms with Crippen molar-refractivity contribution in [1.82, 2.24) is 25.1 Å². The molecular weight excluding hydrogens is 349 g/mol. The molecule has 22 heavy (non-hydrogen) atoms. The van der Waals surface area contributed by atoms with Crippen LogP contribution in [-0.2, 0) is 11.3 Å². The lowest BCUT2D eigenvalue weighted by Gasteiger charge is -2.08. The summed E-state index contributed by atoms with van der Waals surface area (Å²) in [5, 5.41) is 16.1. The normalized spacial score (nSPS) is 10.8. The van der Waals surface area contributed by atoms with Crippen LogP contribution < -0.4 is 10.1 Å². The van der Waals surface area contributed by atoms with Crippen LogP contribution >= 0.6 is 34.5 Å². The molecule has 0 aliphatic carbocycles. The largest absolute Gasteiger partial charge is 0.482 e. The Hall–Kier alpha value is -1.90. The molecular formula is C12H9Cl2N5O2S. The number of amides is 1. The molecule has 1 N–H and O–H groups in total. The van der Waals surface area contributed by atoms with E-state index in [0.29, 0.717) is 27.3 Å². The fraction of sp³-hybridized carbons (Fsp3) is 0.167. The van der Waals surface area contributed by atoms with Crippen LogP contribution in [0, 0.1) is 0 Å². The average Bonchev–Trinajstić information content (AvgIpc) is 3.05. The molecule has 0 spiro atoms. The zero-order chi connectivity index (χ0) is 15.5. The van der Waals surface area contributed by atoms with Crippen LogP contribution in [0.25, 0.3) is 4.96 Å². The number of halogens is 2. The summed E-state index contributed by atoms with van der Waals surface area (Å²) in [6.07, 6.45) is 1.50. The zero-order valence-corrected chi connectivity index (χ0v) is 13.3. The maximum Gasteiger partial charge on any atom is 0.258 e. The van der Waals surface area contributed by atoms with E-state index in [1.165, 1.54) is 17.7 Å². The van der Waals surface area contributed by atoms with Gasteiger partial charge < -0.3 is 10.1 Å². The highest BCUT2D eigenvalue weighted by molar-refractivity contribution is 7.16. The van der Waals surface area contributed by atoms with Crippen LogP contribution in [0.1, 0.15) is 5.01 Å². The van der Waals surface area contributed by atoms with Crippen molar-refractivity contribution in [3.05, 3.63) is 39.6 Å². The monoisotopic (exact) mass is 357 g/mol. The molecule has 0 aliphatic rings. The second-order valence-electron chi connectivity index (χ2n) is 4.19. The average molecular weight is 358 g/mol. The smallest absolute Gasteiger partial charge is 0.258 e. The summed E-state index contributed by atoms with van der Waals surface area (Å²) in [4.78, 5) is 12.4. The second kappa shape index (κ2) is 6.47. The van der Waals surface area contributed by atoms with Crippen molar-refractivity contribution in [3.8, 4) is 5.75 Å². The van der Waals surface area contributed by atoms with E-state index in [0.717, 1.165) is 5.01 Å². The minimum Gasteiger partial charge on any atom is -0.482 e. The third kappa shape index (κ3) is 3.46. The molecule has 1 aromatic carbocycles. The van der Waals surface area contributed by atoms with E-state index in [2.05, 4.69) is 20.6 Å². The molecule has 1 amide bonds. The van der Waals surface area contributed by atoms with E-state index in [-0.39, 0.29) is 12.5 Å². The topological polar surface area (TPSA) is 81.4 Å². The lowest BCUT2D eigenvalue weighted by atomic mass is 10.3. The van der Waals surface area contributed by atoms with E-state index in [1.807, 2.05) is 0 Å². The van der Waals surface area contributed by atoms with Gasteiger partial charge in [0.1, 0.15) is 17.1 Å². The molecule has 0 fully saturated rings. The second-order valence-corrected chi connectivity index (χ2v) is 6.08. The highest BCUT2D eigenvalue weighted by Gasteiger charge is 2.09. The third-order valence-corrected chi connectivity index (χ3v) is 4.06. The van der Waals surface area contributed by atoms with Crippen LogP contribution in [0.4, 0.5) is 0 Å². The summed E-state index contributed by atoms with van der Waals surface area (Å²) < 4.78 is 6.89. The van der Waals surface area contributed by atoms with Gasteiger partial charge in [0.25, 0.3) is 5.91 Å². The molecule has 0 atom stereocenters. The molecule has 3 rings (SSSR count). The summed E-state index contributed by atoms with van der Waals surface area (Å²) in [7, 11) is 0. The van der Waals surface area contributed by atoms with E-state index >= 15 is 0 Å². The minimum absolute atomic E-state index is 0.147. The molecule has 2 heterocycles. The number of hydrogen-bond acceptors (Lipinski definition) is 6. The molecule has 7 nitrogen and oxygen atoms in total. The Kier molecular flexibility index (Phi) is 4.41.